The largest absolute Gasteiger partial charge is 0.504 e. The normalized spacial score (nSPS) is 10.8. The molecule has 0 heterocycles. The number of methoxy groups -OCH3 is 1. The Balaban J connectivity index is 3.39. The minimum atomic E-state index is -0.721. The standard InChI is InChI=1S/C11H12BrNO3/c1-11(2,13-6-14)7-4-10(16-3)9(15)5-8(7)12/h4-5,15H,1-3H3. The van der Waals surface area contributed by atoms with E-state index in [1.54, 1.807) is 19.9 Å². The van der Waals surface area contributed by atoms with Crippen LogP contribution in [-0.2, 0) is 10.3 Å². The summed E-state index contributed by atoms with van der Waals surface area (Å²) < 4.78 is 5.66. The average Bonchev–Trinajstić information content (AvgIpc) is 2.17. The van der Waals surface area contributed by atoms with Crippen LogP contribution in [0.1, 0.15) is 19.4 Å². The van der Waals surface area contributed by atoms with Crippen LogP contribution in [0.15, 0.2) is 21.6 Å². The van der Waals surface area contributed by atoms with E-state index in [-0.39, 0.29) is 5.75 Å². The fraction of sp³-hybridized carbons (Fsp3) is 0.364. The van der Waals surface area contributed by atoms with Crippen molar-refractivity contribution in [3.63, 3.8) is 0 Å². The summed E-state index contributed by atoms with van der Waals surface area (Å²) in [7, 11) is 1.46. The quantitative estimate of drug-likeness (QED) is 0.686. The highest BCUT2D eigenvalue weighted by molar-refractivity contribution is 9.10. The number of aliphatic imine (C=N–C) groups is 1. The average molecular weight is 286 g/mol. The molecule has 0 unspecified atom stereocenters. The second-order valence-electron chi connectivity index (χ2n) is 3.77. The Morgan fingerprint density at radius 3 is 2.62 bits per heavy atom. The molecule has 4 nitrogen and oxygen atoms in total. The fourth-order valence-electron chi connectivity index (χ4n) is 1.35. The number of rotatable bonds is 3. The number of phenols is 1. The highest BCUT2D eigenvalue weighted by Gasteiger charge is 2.24. The van der Waals surface area contributed by atoms with Crippen molar-refractivity contribution in [2.24, 2.45) is 4.99 Å². The van der Waals surface area contributed by atoms with Gasteiger partial charge in [-0.25, -0.2) is 4.79 Å². The van der Waals surface area contributed by atoms with Crippen molar-refractivity contribution in [2.45, 2.75) is 19.4 Å². The smallest absolute Gasteiger partial charge is 0.235 e. The topological polar surface area (TPSA) is 58.9 Å². The number of benzene rings is 1. The summed E-state index contributed by atoms with van der Waals surface area (Å²) in [6, 6.07) is 3.15. The van der Waals surface area contributed by atoms with E-state index in [0.717, 1.165) is 5.56 Å². The molecule has 1 aromatic carbocycles. The summed E-state index contributed by atoms with van der Waals surface area (Å²) in [6.45, 7) is 3.54. The highest BCUT2D eigenvalue weighted by atomic mass is 79.9. The summed E-state index contributed by atoms with van der Waals surface area (Å²) in [4.78, 5) is 14.1. The molecule has 0 aromatic heterocycles. The molecule has 1 aromatic rings. The van der Waals surface area contributed by atoms with E-state index >= 15 is 0 Å². The molecule has 86 valence electrons. The number of ether oxygens (including phenoxy) is 1. The highest BCUT2D eigenvalue weighted by Crippen LogP contribution is 2.38. The third kappa shape index (κ3) is 2.43. The Kier molecular flexibility index (Phi) is 3.73. The van der Waals surface area contributed by atoms with Gasteiger partial charge in [-0.15, -0.1) is 0 Å². The third-order valence-corrected chi connectivity index (χ3v) is 2.91. The van der Waals surface area contributed by atoms with Crippen LogP contribution in [0.4, 0.5) is 0 Å². The lowest BCUT2D eigenvalue weighted by Crippen LogP contribution is -2.14. The minimum Gasteiger partial charge on any atom is -0.504 e. The van der Waals surface area contributed by atoms with E-state index in [2.05, 4.69) is 20.9 Å². The molecule has 0 amide bonds. The Hall–Kier alpha value is -1.32. The van der Waals surface area contributed by atoms with Gasteiger partial charge < -0.3 is 9.84 Å². The van der Waals surface area contributed by atoms with Gasteiger partial charge in [-0.3, -0.25) is 0 Å². The van der Waals surface area contributed by atoms with Crippen LogP contribution in [0.3, 0.4) is 0 Å². The second kappa shape index (κ2) is 4.68. The number of hydrogen-bond acceptors (Lipinski definition) is 4. The van der Waals surface area contributed by atoms with E-state index in [1.165, 1.54) is 19.3 Å². The van der Waals surface area contributed by atoms with Gasteiger partial charge in [-0.05, 0) is 31.5 Å². The lowest BCUT2D eigenvalue weighted by molar-refractivity contribution is 0.371. The van der Waals surface area contributed by atoms with Gasteiger partial charge in [0.15, 0.2) is 11.5 Å². The SMILES string of the molecule is COc1cc(C(C)(C)N=C=O)c(Br)cc1O. The number of carbonyl (C=O) groups excluding carboxylic acids is 1. The summed E-state index contributed by atoms with van der Waals surface area (Å²) in [6.07, 6.45) is 1.54. The zero-order valence-electron chi connectivity index (χ0n) is 9.24. The van der Waals surface area contributed by atoms with Crippen LogP contribution in [0.2, 0.25) is 0 Å². The second-order valence-corrected chi connectivity index (χ2v) is 4.62. The van der Waals surface area contributed by atoms with Crippen LogP contribution < -0.4 is 4.74 Å². The molecule has 0 bridgehead atoms. The first-order valence-corrected chi connectivity index (χ1v) is 5.37. The zero-order valence-corrected chi connectivity index (χ0v) is 10.8. The van der Waals surface area contributed by atoms with Gasteiger partial charge in [-0.2, -0.15) is 4.99 Å². The van der Waals surface area contributed by atoms with Crippen LogP contribution in [0, 0.1) is 0 Å². The molecule has 0 spiro atoms. The zero-order chi connectivity index (χ0) is 12.3. The Bertz CT molecular complexity index is 451. The molecule has 0 fully saturated rings. The van der Waals surface area contributed by atoms with E-state index in [4.69, 9.17) is 4.74 Å². The summed E-state index contributed by atoms with van der Waals surface area (Å²) in [5.74, 6) is 0.372. The summed E-state index contributed by atoms with van der Waals surface area (Å²) in [5, 5.41) is 9.55. The van der Waals surface area contributed by atoms with E-state index in [1.807, 2.05) is 0 Å². The number of aromatic hydroxyl groups is 1. The summed E-state index contributed by atoms with van der Waals surface area (Å²) in [5.41, 5.74) is 0.0205. The van der Waals surface area contributed by atoms with Crippen LogP contribution in [0.5, 0.6) is 11.5 Å². The molecule has 16 heavy (non-hydrogen) atoms. The van der Waals surface area contributed by atoms with Gasteiger partial charge in [0.05, 0.1) is 12.6 Å². The van der Waals surface area contributed by atoms with Crippen molar-refractivity contribution in [1.82, 2.24) is 0 Å². The van der Waals surface area contributed by atoms with Crippen LogP contribution >= 0.6 is 15.9 Å². The molecule has 0 saturated heterocycles. The first kappa shape index (κ1) is 12.7. The molecule has 0 saturated carbocycles. The maximum Gasteiger partial charge on any atom is 0.235 e. The van der Waals surface area contributed by atoms with Crippen molar-refractivity contribution in [1.29, 1.82) is 0 Å². The van der Waals surface area contributed by atoms with Gasteiger partial charge in [-0.1, -0.05) is 15.9 Å². The molecular formula is C11H12BrNO3. The lowest BCUT2D eigenvalue weighted by atomic mass is 9.95. The third-order valence-electron chi connectivity index (χ3n) is 2.25. The maximum absolute atomic E-state index is 10.3. The number of phenolic OH excluding ortho intramolecular Hbond substituents is 1. The van der Waals surface area contributed by atoms with Crippen molar-refractivity contribution in [3.8, 4) is 11.5 Å². The van der Waals surface area contributed by atoms with Crippen molar-refractivity contribution in [3.05, 3.63) is 22.2 Å². The molecular weight excluding hydrogens is 274 g/mol. The van der Waals surface area contributed by atoms with Gasteiger partial charge in [0.1, 0.15) is 0 Å². The molecule has 0 aliphatic rings. The van der Waals surface area contributed by atoms with Crippen LogP contribution in [-0.4, -0.2) is 18.3 Å². The number of nitrogens with zero attached hydrogens (tertiary/aromatic N) is 1. The Morgan fingerprint density at radius 1 is 1.50 bits per heavy atom. The van der Waals surface area contributed by atoms with Crippen LogP contribution in [0.25, 0.3) is 0 Å². The lowest BCUT2D eigenvalue weighted by Gasteiger charge is -2.20. The number of halogens is 1. The van der Waals surface area contributed by atoms with E-state index in [9.17, 15) is 9.90 Å². The van der Waals surface area contributed by atoms with Crippen molar-refractivity contribution < 1.29 is 14.6 Å². The van der Waals surface area contributed by atoms with Crippen molar-refractivity contribution >= 4 is 22.0 Å². The van der Waals surface area contributed by atoms with E-state index in [0.29, 0.717) is 10.2 Å². The van der Waals surface area contributed by atoms with E-state index < -0.39 is 5.54 Å². The Morgan fingerprint density at radius 2 is 2.12 bits per heavy atom. The predicted octanol–water partition coefficient (Wildman–Crippen LogP) is 2.73. The minimum absolute atomic E-state index is 0.0315. The van der Waals surface area contributed by atoms with Gasteiger partial charge >= 0.3 is 0 Å². The van der Waals surface area contributed by atoms with Crippen molar-refractivity contribution in [2.75, 3.05) is 7.11 Å². The fourth-order valence-corrected chi connectivity index (χ4v) is 2.17. The van der Waals surface area contributed by atoms with Gasteiger partial charge in [0.2, 0.25) is 6.08 Å². The first-order valence-electron chi connectivity index (χ1n) is 4.58. The molecule has 0 radical (unpaired) electrons. The molecule has 0 aliphatic heterocycles. The number of hydrogen-bond donors (Lipinski definition) is 1. The monoisotopic (exact) mass is 285 g/mol. The maximum atomic E-state index is 10.3. The van der Waals surface area contributed by atoms with Gasteiger partial charge in [0.25, 0.3) is 0 Å². The van der Waals surface area contributed by atoms with Gasteiger partial charge in [0, 0.05) is 4.47 Å². The first-order chi connectivity index (χ1) is 7.42. The predicted molar refractivity (Wildman–Crippen MR) is 63.5 cm³/mol. The number of isocyanates is 1. The molecule has 1 rings (SSSR count). The molecule has 0 atom stereocenters. The Labute approximate surface area is 102 Å². The molecule has 1 N–H and O–H groups in total. The summed E-state index contributed by atoms with van der Waals surface area (Å²) >= 11 is 3.31. The molecule has 0 aliphatic carbocycles. The molecule has 5 heteroatoms.